The van der Waals surface area contributed by atoms with Gasteiger partial charge in [0.1, 0.15) is 0 Å². The smallest absolute Gasteiger partial charge is 0.0542 e. The molecule has 0 saturated heterocycles. The molecule has 0 amide bonds. The van der Waals surface area contributed by atoms with Crippen LogP contribution in [0.5, 0.6) is 0 Å². The molecule has 4 aromatic carbocycles. The van der Waals surface area contributed by atoms with E-state index < -0.39 is 0 Å². The second-order valence-corrected chi connectivity index (χ2v) is 6.78. The van der Waals surface area contributed by atoms with Gasteiger partial charge >= 0.3 is 0 Å². The summed E-state index contributed by atoms with van der Waals surface area (Å²) in [5.41, 5.74) is 6.02. The van der Waals surface area contributed by atoms with E-state index in [4.69, 9.17) is 0 Å². The van der Waals surface area contributed by atoms with Crippen molar-refractivity contribution in [2.45, 2.75) is 0 Å². The molecule has 0 saturated carbocycles. The third-order valence-corrected chi connectivity index (χ3v) is 5.20. The molecule has 0 aliphatic heterocycles. The molecule has 0 radical (unpaired) electrons. The van der Waals surface area contributed by atoms with Gasteiger partial charge < -0.3 is 9.47 Å². The van der Waals surface area contributed by atoms with Crippen LogP contribution in [0.15, 0.2) is 103 Å². The Bertz CT molecular complexity index is 1220. The van der Waals surface area contributed by atoms with E-state index in [0.29, 0.717) is 0 Å². The summed E-state index contributed by atoms with van der Waals surface area (Å²) in [5, 5.41) is 2.55. The lowest BCUT2D eigenvalue weighted by atomic mass is 10.1. The number of para-hydroxylation sites is 3. The van der Waals surface area contributed by atoms with Gasteiger partial charge in [-0.15, -0.1) is 0 Å². The van der Waals surface area contributed by atoms with Crippen molar-refractivity contribution in [2.24, 2.45) is 0 Å². The largest absolute Gasteiger partial charge is 0.345 e. The first-order valence-corrected chi connectivity index (χ1v) is 9.20. The maximum Gasteiger partial charge on any atom is 0.0542 e. The van der Waals surface area contributed by atoms with Gasteiger partial charge in [0.15, 0.2) is 0 Å². The zero-order valence-electron chi connectivity index (χ0n) is 15.2. The topological polar surface area (TPSA) is 8.17 Å². The highest BCUT2D eigenvalue weighted by Gasteiger charge is 2.13. The maximum absolute atomic E-state index is 2.34. The summed E-state index contributed by atoms with van der Waals surface area (Å²) in [4.78, 5) is 2.23. The van der Waals surface area contributed by atoms with Crippen LogP contribution in [0, 0.1) is 0 Å². The fraction of sp³-hybridized carbons (Fsp3) is 0.0400. The van der Waals surface area contributed by atoms with Crippen molar-refractivity contribution in [1.82, 2.24) is 4.57 Å². The van der Waals surface area contributed by atoms with Crippen molar-refractivity contribution in [3.63, 3.8) is 0 Å². The van der Waals surface area contributed by atoms with Gasteiger partial charge in [-0.1, -0.05) is 54.6 Å². The molecule has 0 unspecified atom stereocenters. The highest BCUT2D eigenvalue weighted by molar-refractivity contribution is 6.10. The van der Waals surface area contributed by atoms with Crippen molar-refractivity contribution in [2.75, 3.05) is 11.9 Å². The molecule has 0 aliphatic carbocycles. The molecule has 0 bridgehead atoms. The van der Waals surface area contributed by atoms with Gasteiger partial charge in [-0.2, -0.15) is 0 Å². The molecule has 2 nitrogen and oxygen atoms in total. The van der Waals surface area contributed by atoms with Crippen molar-refractivity contribution >= 4 is 33.2 Å². The Morgan fingerprint density at radius 1 is 0.556 bits per heavy atom. The van der Waals surface area contributed by atoms with E-state index in [-0.39, 0.29) is 0 Å². The number of aromatic nitrogens is 1. The van der Waals surface area contributed by atoms with Gasteiger partial charge in [0.2, 0.25) is 0 Å². The molecule has 1 heterocycles. The third-order valence-electron chi connectivity index (χ3n) is 5.20. The van der Waals surface area contributed by atoms with Crippen LogP contribution in [0.3, 0.4) is 0 Å². The summed E-state index contributed by atoms with van der Waals surface area (Å²) < 4.78 is 2.34. The summed E-state index contributed by atoms with van der Waals surface area (Å²) in [6.07, 6.45) is 0. The number of hydrogen-bond donors (Lipinski definition) is 0. The van der Waals surface area contributed by atoms with Crippen molar-refractivity contribution in [3.05, 3.63) is 103 Å². The first-order chi connectivity index (χ1) is 13.3. The van der Waals surface area contributed by atoms with Crippen molar-refractivity contribution in [1.29, 1.82) is 0 Å². The Hall–Kier alpha value is -3.52. The summed E-state index contributed by atoms with van der Waals surface area (Å²) in [5.74, 6) is 0. The molecule has 2 heteroatoms. The molecule has 5 aromatic rings. The summed E-state index contributed by atoms with van der Waals surface area (Å²) in [7, 11) is 2.12. The van der Waals surface area contributed by atoms with Gasteiger partial charge in [0.05, 0.1) is 11.0 Å². The van der Waals surface area contributed by atoms with E-state index in [9.17, 15) is 0 Å². The Balaban J connectivity index is 1.76. The molecule has 0 spiro atoms. The molecule has 0 N–H and O–H groups in total. The fourth-order valence-electron chi connectivity index (χ4n) is 3.83. The van der Waals surface area contributed by atoms with E-state index in [1.54, 1.807) is 0 Å². The van der Waals surface area contributed by atoms with Crippen LogP contribution in [-0.4, -0.2) is 11.6 Å². The van der Waals surface area contributed by atoms with E-state index >= 15 is 0 Å². The second-order valence-electron chi connectivity index (χ2n) is 6.78. The Morgan fingerprint density at radius 2 is 1.19 bits per heavy atom. The van der Waals surface area contributed by atoms with Gasteiger partial charge in [-0.25, -0.2) is 0 Å². The summed E-state index contributed by atoms with van der Waals surface area (Å²) >= 11 is 0. The number of nitrogens with zero attached hydrogens (tertiary/aromatic N) is 2. The normalized spacial score (nSPS) is 11.1. The quantitative estimate of drug-likeness (QED) is 0.359. The van der Waals surface area contributed by atoms with E-state index in [0.717, 1.165) is 0 Å². The van der Waals surface area contributed by atoms with Crippen LogP contribution in [0.2, 0.25) is 0 Å². The highest BCUT2D eigenvalue weighted by atomic mass is 15.1. The second kappa shape index (κ2) is 6.33. The molecule has 0 atom stereocenters. The van der Waals surface area contributed by atoms with Crippen LogP contribution in [0.1, 0.15) is 0 Å². The molecule has 0 fully saturated rings. The van der Waals surface area contributed by atoms with Gasteiger partial charge in [0.25, 0.3) is 0 Å². The lowest BCUT2D eigenvalue weighted by Crippen LogP contribution is -2.08. The number of rotatable bonds is 3. The average molecular weight is 348 g/mol. The number of benzene rings is 4. The first kappa shape index (κ1) is 15.7. The first-order valence-electron chi connectivity index (χ1n) is 9.20. The maximum atomic E-state index is 2.34. The zero-order chi connectivity index (χ0) is 18.2. The Morgan fingerprint density at radius 3 is 1.96 bits per heavy atom. The van der Waals surface area contributed by atoms with Crippen molar-refractivity contribution in [3.8, 4) is 5.69 Å². The highest BCUT2D eigenvalue weighted by Crippen LogP contribution is 2.35. The SMILES string of the molecule is CN(c1ccccc1)c1ccc2c(c1)c1ccccc1n2-c1ccccc1. The van der Waals surface area contributed by atoms with Gasteiger partial charge in [-0.05, 0) is 48.5 Å². The van der Waals surface area contributed by atoms with E-state index in [1.165, 1.54) is 38.9 Å². The molecular weight excluding hydrogens is 328 g/mol. The zero-order valence-corrected chi connectivity index (χ0v) is 15.2. The minimum absolute atomic E-state index is 1.18. The van der Waals surface area contributed by atoms with Crippen LogP contribution in [0.4, 0.5) is 11.4 Å². The monoisotopic (exact) mass is 348 g/mol. The molecule has 130 valence electrons. The predicted octanol–water partition coefficient (Wildman–Crippen LogP) is 6.55. The predicted molar refractivity (Wildman–Crippen MR) is 115 cm³/mol. The lowest BCUT2D eigenvalue weighted by molar-refractivity contribution is 1.17. The van der Waals surface area contributed by atoms with Crippen LogP contribution in [-0.2, 0) is 0 Å². The summed E-state index contributed by atoms with van der Waals surface area (Å²) in [6.45, 7) is 0. The molecule has 1 aromatic heterocycles. The van der Waals surface area contributed by atoms with Crippen LogP contribution in [0.25, 0.3) is 27.5 Å². The van der Waals surface area contributed by atoms with E-state index in [2.05, 4.69) is 114 Å². The molecule has 27 heavy (non-hydrogen) atoms. The lowest BCUT2D eigenvalue weighted by Gasteiger charge is -2.19. The minimum Gasteiger partial charge on any atom is -0.345 e. The Labute approximate surface area is 158 Å². The minimum atomic E-state index is 1.18. The summed E-state index contributed by atoms with van der Waals surface area (Å²) in [6, 6.07) is 36.4. The van der Waals surface area contributed by atoms with Crippen LogP contribution < -0.4 is 4.90 Å². The molecule has 5 rings (SSSR count). The molecular formula is C25H20N2. The number of hydrogen-bond acceptors (Lipinski definition) is 1. The Kier molecular flexibility index (Phi) is 3.68. The standard InChI is InChI=1S/C25H20N2/c1-26(19-10-4-2-5-11-19)21-16-17-25-23(18-21)22-14-8-9-15-24(22)27(25)20-12-6-3-7-13-20/h2-18H,1H3. The average Bonchev–Trinajstić information content (AvgIpc) is 3.08. The van der Waals surface area contributed by atoms with Crippen molar-refractivity contribution < 1.29 is 0 Å². The van der Waals surface area contributed by atoms with Crippen LogP contribution >= 0.6 is 0 Å². The van der Waals surface area contributed by atoms with Gasteiger partial charge in [0, 0.05) is 34.9 Å². The number of fused-ring (bicyclic) bond motifs is 3. The number of anilines is 2. The molecule has 0 aliphatic rings. The third kappa shape index (κ3) is 2.58. The van der Waals surface area contributed by atoms with E-state index in [1.807, 2.05) is 6.07 Å². The fourth-order valence-corrected chi connectivity index (χ4v) is 3.83. The van der Waals surface area contributed by atoms with Gasteiger partial charge in [-0.3, -0.25) is 0 Å².